The van der Waals surface area contributed by atoms with E-state index in [1.54, 1.807) is 18.6 Å². The molecule has 0 saturated heterocycles. The summed E-state index contributed by atoms with van der Waals surface area (Å²) in [4.78, 5) is 10.7. The van der Waals surface area contributed by atoms with Crippen molar-refractivity contribution in [2.24, 2.45) is 0 Å². The van der Waals surface area contributed by atoms with Gasteiger partial charge in [-0.15, -0.1) is 0 Å². The molecule has 3 rings (SSSR count). The standard InChI is InChI=1S/C17H20N6/c1-22(2)17-16(18-8-9-19-17)20-12-14-5-3-6-15(11-14)13-23-10-4-7-21-23/h3-11H,12-13H2,1-2H3,(H,18,20). The summed E-state index contributed by atoms with van der Waals surface area (Å²) in [6, 6.07) is 10.4. The topological polar surface area (TPSA) is 58.9 Å². The third-order valence-corrected chi connectivity index (χ3v) is 3.46. The van der Waals surface area contributed by atoms with Crippen LogP contribution in [0.15, 0.2) is 55.1 Å². The van der Waals surface area contributed by atoms with Crippen molar-refractivity contribution in [3.05, 3.63) is 66.2 Å². The van der Waals surface area contributed by atoms with Gasteiger partial charge in [0.1, 0.15) is 0 Å². The van der Waals surface area contributed by atoms with E-state index in [1.807, 2.05) is 35.9 Å². The first-order chi connectivity index (χ1) is 11.2. The molecule has 6 heteroatoms. The van der Waals surface area contributed by atoms with Crippen molar-refractivity contribution in [2.75, 3.05) is 24.3 Å². The van der Waals surface area contributed by atoms with Crippen LogP contribution in [-0.4, -0.2) is 33.8 Å². The molecule has 6 nitrogen and oxygen atoms in total. The van der Waals surface area contributed by atoms with Crippen molar-refractivity contribution in [2.45, 2.75) is 13.1 Å². The zero-order valence-corrected chi connectivity index (χ0v) is 13.3. The number of nitrogens with zero attached hydrogens (tertiary/aromatic N) is 5. The molecule has 0 aliphatic rings. The third-order valence-electron chi connectivity index (χ3n) is 3.46. The lowest BCUT2D eigenvalue weighted by Gasteiger charge is -2.16. The van der Waals surface area contributed by atoms with Crippen LogP contribution >= 0.6 is 0 Å². The zero-order valence-electron chi connectivity index (χ0n) is 13.3. The number of anilines is 2. The van der Waals surface area contributed by atoms with Gasteiger partial charge >= 0.3 is 0 Å². The Morgan fingerprint density at radius 1 is 1.04 bits per heavy atom. The van der Waals surface area contributed by atoms with E-state index in [0.717, 1.165) is 18.2 Å². The van der Waals surface area contributed by atoms with Crippen LogP contribution in [0.2, 0.25) is 0 Å². The van der Waals surface area contributed by atoms with Crippen molar-refractivity contribution < 1.29 is 0 Å². The molecule has 2 heterocycles. The Balaban J connectivity index is 1.69. The molecule has 0 amide bonds. The smallest absolute Gasteiger partial charge is 0.171 e. The second kappa shape index (κ2) is 6.91. The van der Waals surface area contributed by atoms with Crippen LogP contribution in [0.3, 0.4) is 0 Å². The SMILES string of the molecule is CN(C)c1nccnc1NCc1cccc(Cn2cccn2)c1. The van der Waals surface area contributed by atoms with Gasteiger partial charge in [-0.25, -0.2) is 9.97 Å². The molecule has 3 aromatic rings. The molecule has 0 radical (unpaired) electrons. The minimum absolute atomic E-state index is 0.701. The van der Waals surface area contributed by atoms with Crippen molar-refractivity contribution in [3.8, 4) is 0 Å². The predicted molar refractivity (Wildman–Crippen MR) is 91.5 cm³/mol. The van der Waals surface area contributed by atoms with Crippen LogP contribution in [0.1, 0.15) is 11.1 Å². The molecule has 1 aromatic carbocycles. The Kier molecular flexibility index (Phi) is 4.52. The summed E-state index contributed by atoms with van der Waals surface area (Å²) in [6.45, 7) is 1.47. The number of benzene rings is 1. The molecule has 0 fully saturated rings. The average Bonchev–Trinajstić information content (AvgIpc) is 3.06. The summed E-state index contributed by atoms with van der Waals surface area (Å²) in [5, 5.41) is 7.60. The van der Waals surface area contributed by atoms with E-state index in [9.17, 15) is 0 Å². The van der Waals surface area contributed by atoms with Gasteiger partial charge in [-0.2, -0.15) is 5.10 Å². The van der Waals surface area contributed by atoms with Crippen molar-refractivity contribution >= 4 is 11.6 Å². The molecule has 2 aromatic heterocycles. The van der Waals surface area contributed by atoms with Gasteiger partial charge in [-0.3, -0.25) is 4.68 Å². The fraction of sp³-hybridized carbons (Fsp3) is 0.235. The van der Waals surface area contributed by atoms with Crippen molar-refractivity contribution in [1.29, 1.82) is 0 Å². The Labute approximate surface area is 135 Å². The highest BCUT2D eigenvalue weighted by molar-refractivity contribution is 5.59. The van der Waals surface area contributed by atoms with E-state index >= 15 is 0 Å². The van der Waals surface area contributed by atoms with E-state index in [0.29, 0.717) is 6.54 Å². The van der Waals surface area contributed by atoms with Gasteiger partial charge in [-0.05, 0) is 17.2 Å². The largest absolute Gasteiger partial charge is 0.363 e. The van der Waals surface area contributed by atoms with Gasteiger partial charge in [0.25, 0.3) is 0 Å². The van der Waals surface area contributed by atoms with Gasteiger partial charge in [0.05, 0.1) is 6.54 Å². The Hall–Kier alpha value is -2.89. The third kappa shape index (κ3) is 3.85. The van der Waals surface area contributed by atoms with Crippen LogP contribution < -0.4 is 10.2 Å². The quantitative estimate of drug-likeness (QED) is 0.758. The molecule has 0 aliphatic carbocycles. The number of rotatable bonds is 6. The molecule has 23 heavy (non-hydrogen) atoms. The predicted octanol–water partition coefficient (Wildman–Crippen LogP) is 2.40. The zero-order chi connectivity index (χ0) is 16.1. The average molecular weight is 308 g/mol. The molecule has 118 valence electrons. The number of aromatic nitrogens is 4. The highest BCUT2D eigenvalue weighted by atomic mass is 15.3. The molecule has 0 bridgehead atoms. The first-order valence-electron chi connectivity index (χ1n) is 7.50. The fourth-order valence-corrected chi connectivity index (χ4v) is 2.39. The lowest BCUT2D eigenvalue weighted by molar-refractivity contribution is 0.686. The molecular formula is C17H20N6. The van der Waals surface area contributed by atoms with Crippen LogP contribution in [0.5, 0.6) is 0 Å². The summed E-state index contributed by atoms with van der Waals surface area (Å²) >= 11 is 0. The van der Waals surface area contributed by atoms with E-state index in [2.05, 4.69) is 44.6 Å². The van der Waals surface area contributed by atoms with Gasteiger partial charge in [0.2, 0.25) is 0 Å². The lowest BCUT2D eigenvalue weighted by atomic mass is 10.1. The van der Waals surface area contributed by atoms with Crippen molar-refractivity contribution in [1.82, 2.24) is 19.7 Å². The number of hydrogen-bond acceptors (Lipinski definition) is 5. The van der Waals surface area contributed by atoms with E-state index in [-0.39, 0.29) is 0 Å². The fourth-order valence-electron chi connectivity index (χ4n) is 2.39. The van der Waals surface area contributed by atoms with E-state index in [1.165, 1.54) is 11.1 Å². The number of nitrogens with one attached hydrogen (secondary N) is 1. The van der Waals surface area contributed by atoms with Crippen LogP contribution in [0.4, 0.5) is 11.6 Å². The molecule has 0 atom stereocenters. The van der Waals surface area contributed by atoms with Gasteiger partial charge < -0.3 is 10.2 Å². The van der Waals surface area contributed by atoms with Gasteiger partial charge in [0.15, 0.2) is 11.6 Å². The Morgan fingerprint density at radius 2 is 1.87 bits per heavy atom. The Bertz CT molecular complexity index is 751. The summed E-state index contributed by atoms with van der Waals surface area (Å²) in [6.07, 6.45) is 7.16. The maximum Gasteiger partial charge on any atom is 0.171 e. The Morgan fingerprint density at radius 3 is 2.65 bits per heavy atom. The van der Waals surface area contributed by atoms with E-state index < -0.39 is 0 Å². The number of hydrogen-bond donors (Lipinski definition) is 1. The van der Waals surface area contributed by atoms with Crippen LogP contribution in [-0.2, 0) is 13.1 Å². The maximum absolute atomic E-state index is 4.37. The highest BCUT2D eigenvalue weighted by Gasteiger charge is 2.06. The van der Waals surface area contributed by atoms with E-state index in [4.69, 9.17) is 0 Å². The maximum atomic E-state index is 4.37. The highest BCUT2D eigenvalue weighted by Crippen LogP contribution is 2.18. The van der Waals surface area contributed by atoms with Gasteiger partial charge in [-0.1, -0.05) is 24.3 Å². The van der Waals surface area contributed by atoms with Crippen LogP contribution in [0, 0.1) is 0 Å². The summed E-state index contributed by atoms with van der Waals surface area (Å²) in [7, 11) is 3.92. The molecule has 0 spiro atoms. The first-order valence-corrected chi connectivity index (χ1v) is 7.50. The molecule has 0 aliphatic heterocycles. The van der Waals surface area contributed by atoms with Gasteiger partial charge in [0, 0.05) is 45.4 Å². The summed E-state index contributed by atoms with van der Waals surface area (Å²) in [5.74, 6) is 1.62. The summed E-state index contributed by atoms with van der Waals surface area (Å²) in [5.41, 5.74) is 2.42. The monoisotopic (exact) mass is 308 g/mol. The lowest BCUT2D eigenvalue weighted by Crippen LogP contribution is -2.15. The minimum Gasteiger partial charge on any atom is -0.363 e. The molecular weight excluding hydrogens is 288 g/mol. The second-order valence-corrected chi connectivity index (χ2v) is 5.50. The first kappa shape index (κ1) is 15.0. The molecule has 0 saturated carbocycles. The minimum atomic E-state index is 0.701. The molecule has 1 N–H and O–H groups in total. The summed E-state index contributed by atoms with van der Waals surface area (Å²) < 4.78 is 1.92. The van der Waals surface area contributed by atoms with Crippen LogP contribution in [0.25, 0.3) is 0 Å². The normalized spacial score (nSPS) is 10.5. The second-order valence-electron chi connectivity index (χ2n) is 5.50. The van der Waals surface area contributed by atoms with Crippen molar-refractivity contribution in [3.63, 3.8) is 0 Å². The molecule has 0 unspecified atom stereocenters.